The van der Waals surface area contributed by atoms with Crippen molar-refractivity contribution in [2.75, 3.05) is 24.3 Å². The molecule has 166 valence electrons. The third-order valence-corrected chi connectivity index (χ3v) is 5.86. The number of anilines is 2. The summed E-state index contributed by atoms with van der Waals surface area (Å²) in [6.07, 6.45) is 9.50. The molecule has 0 radical (unpaired) electrons. The highest BCUT2D eigenvalue weighted by molar-refractivity contribution is 6.05. The summed E-state index contributed by atoms with van der Waals surface area (Å²) in [6.45, 7) is 7.48. The zero-order valence-electron chi connectivity index (χ0n) is 18.8. The molecule has 1 aliphatic rings. The Balaban J connectivity index is 1.59. The van der Waals surface area contributed by atoms with Gasteiger partial charge in [0.05, 0.1) is 24.4 Å². The minimum absolute atomic E-state index is 0.215. The molecule has 1 aliphatic heterocycles. The summed E-state index contributed by atoms with van der Waals surface area (Å²) in [7, 11) is 0. The monoisotopic (exact) mass is 431 g/mol. The van der Waals surface area contributed by atoms with Crippen LogP contribution in [-0.2, 0) is 4.74 Å². The van der Waals surface area contributed by atoms with Gasteiger partial charge < -0.3 is 15.8 Å². The van der Waals surface area contributed by atoms with Gasteiger partial charge in [0, 0.05) is 41.6 Å². The van der Waals surface area contributed by atoms with E-state index >= 15 is 0 Å². The molecule has 1 fully saturated rings. The average molecular weight is 432 g/mol. The molecule has 1 unspecified atom stereocenters. The second-order valence-corrected chi connectivity index (χ2v) is 8.18. The molecule has 2 aromatic heterocycles. The molecule has 7 heteroatoms. The first-order valence-corrected chi connectivity index (χ1v) is 10.9. The van der Waals surface area contributed by atoms with Gasteiger partial charge in [-0.15, -0.1) is 0 Å². The van der Waals surface area contributed by atoms with Gasteiger partial charge in [-0.05, 0) is 67.7 Å². The minimum Gasteiger partial charge on any atom is -0.399 e. The van der Waals surface area contributed by atoms with Crippen LogP contribution in [0.5, 0.6) is 0 Å². The number of benzene rings is 1. The predicted molar refractivity (Wildman–Crippen MR) is 127 cm³/mol. The number of pyridine rings is 1. The topological polar surface area (TPSA) is 95.1 Å². The number of allylic oxidation sites excluding steroid dienone is 1. The fraction of sp³-hybridized carbons (Fsp3) is 0.320. The summed E-state index contributed by atoms with van der Waals surface area (Å²) in [5.41, 5.74) is 12.6. The van der Waals surface area contributed by atoms with Gasteiger partial charge >= 0.3 is 0 Å². The van der Waals surface area contributed by atoms with Crippen LogP contribution >= 0.6 is 0 Å². The Hall–Kier alpha value is -3.45. The molecular weight excluding hydrogens is 402 g/mol. The molecule has 0 bridgehead atoms. The quantitative estimate of drug-likeness (QED) is 0.554. The van der Waals surface area contributed by atoms with Gasteiger partial charge in [0.25, 0.3) is 5.91 Å². The number of ether oxygens (including phenoxy) is 1. The first kappa shape index (κ1) is 21.8. The number of carbonyl (C=O) groups excluding carboxylic acids is 1. The number of aryl methyl sites for hydroxylation is 2. The van der Waals surface area contributed by atoms with E-state index in [0.29, 0.717) is 29.6 Å². The van der Waals surface area contributed by atoms with Crippen LogP contribution in [0.3, 0.4) is 0 Å². The van der Waals surface area contributed by atoms with E-state index in [2.05, 4.69) is 34.6 Å². The van der Waals surface area contributed by atoms with E-state index in [1.54, 1.807) is 12.3 Å². The Morgan fingerprint density at radius 3 is 2.88 bits per heavy atom. The second kappa shape index (κ2) is 9.36. The highest BCUT2D eigenvalue weighted by atomic mass is 16.5. The van der Waals surface area contributed by atoms with Crippen molar-refractivity contribution in [1.82, 2.24) is 14.8 Å². The van der Waals surface area contributed by atoms with Crippen molar-refractivity contribution in [1.29, 1.82) is 0 Å². The Labute approximate surface area is 188 Å². The minimum atomic E-state index is -0.215. The second-order valence-electron chi connectivity index (χ2n) is 8.18. The Morgan fingerprint density at radius 1 is 1.28 bits per heavy atom. The molecular formula is C25H29N5O2. The standard InChI is InChI=1S/C25H29N5O2/c1-4-18(21-13-28-30(14-21)23-7-8-32-15-23)9-19-10-20(12-27-17(19)3)25(31)29-24-11-22(26)6-5-16(24)2/h5-6,9-14,23H,4,7-8,15,26H2,1-3H3,(H,29,31)/b18-9+. The van der Waals surface area contributed by atoms with Gasteiger partial charge in [0.1, 0.15) is 0 Å². The summed E-state index contributed by atoms with van der Waals surface area (Å²) in [4.78, 5) is 17.3. The molecule has 1 saturated heterocycles. The number of nitrogens with one attached hydrogen (secondary N) is 1. The van der Waals surface area contributed by atoms with Crippen LogP contribution in [0.2, 0.25) is 0 Å². The summed E-state index contributed by atoms with van der Waals surface area (Å²) < 4.78 is 7.48. The Bertz CT molecular complexity index is 1160. The highest BCUT2D eigenvalue weighted by Gasteiger charge is 2.19. The number of aromatic nitrogens is 3. The molecule has 7 nitrogen and oxygen atoms in total. The number of carbonyl (C=O) groups is 1. The zero-order chi connectivity index (χ0) is 22.7. The number of rotatable bonds is 6. The molecule has 4 rings (SSSR count). The fourth-order valence-electron chi connectivity index (χ4n) is 3.80. The maximum absolute atomic E-state index is 12.9. The Morgan fingerprint density at radius 2 is 2.12 bits per heavy atom. The van der Waals surface area contributed by atoms with Crippen molar-refractivity contribution in [2.45, 2.75) is 39.7 Å². The maximum atomic E-state index is 12.9. The summed E-state index contributed by atoms with van der Waals surface area (Å²) >= 11 is 0. The van der Waals surface area contributed by atoms with Crippen molar-refractivity contribution < 1.29 is 9.53 Å². The number of nitrogen functional groups attached to an aromatic ring is 1. The summed E-state index contributed by atoms with van der Waals surface area (Å²) in [5.74, 6) is -0.215. The van der Waals surface area contributed by atoms with E-state index in [1.807, 2.05) is 42.9 Å². The number of amides is 1. The van der Waals surface area contributed by atoms with Crippen LogP contribution in [0.25, 0.3) is 11.6 Å². The molecule has 1 atom stereocenters. The van der Waals surface area contributed by atoms with Gasteiger partial charge in [0.2, 0.25) is 0 Å². The Kier molecular flexibility index (Phi) is 6.37. The lowest BCUT2D eigenvalue weighted by Gasteiger charge is -2.11. The normalized spacial score (nSPS) is 16.3. The van der Waals surface area contributed by atoms with Crippen LogP contribution in [0, 0.1) is 13.8 Å². The van der Waals surface area contributed by atoms with E-state index in [-0.39, 0.29) is 5.91 Å². The van der Waals surface area contributed by atoms with Crippen LogP contribution in [0.1, 0.15) is 58.5 Å². The van der Waals surface area contributed by atoms with Crippen molar-refractivity contribution in [2.24, 2.45) is 0 Å². The van der Waals surface area contributed by atoms with Gasteiger partial charge in [-0.3, -0.25) is 14.5 Å². The third-order valence-electron chi connectivity index (χ3n) is 5.86. The number of nitrogens with two attached hydrogens (primary N) is 1. The zero-order valence-corrected chi connectivity index (χ0v) is 18.8. The first-order chi connectivity index (χ1) is 15.4. The molecule has 32 heavy (non-hydrogen) atoms. The molecule has 1 aromatic carbocycles. The lowest BCUT2D eigenvalue weighted by molar-refractivity contribution is 0.102. The largest absolute Gasteiger partial charge is 0.399 e. The molecule has 3 heterocycles. The third kappa shape index (κ3) is 4.73. The summed E-state index contributed by atoms with van der Waals surface area (Å²) in [5, 5.41) is 7.49. The van der Waals surface area contributed by atoms with Gasteiger partial charge in [-0.2, -0.15) is 5.10 Å². The van der Waals surface area contributed by atoms with Crippen LogP contribution in [-0.4, -0.2) is 33.9 Å². The molecule has 1 amide bonds. The van der Waals surface area contributed by atoms with Crippen LogP contribution in [0.4, 0.5) is 11.4 Å². The summed E-state index contributed by atoms with van der Waals surface area (Å²) in [6, 6.07) is 7.64. The SMILES string of the molecule is CC/C(=C\c1cc(C(=O)Nc2cc(N)ccc2C)cnc1C)c1cnn(C2CCOC2)c1. The average Bonchev–Trinajstić information content (AvgIpc) is 3.47. The lowest BCUT2D eigenvalue weighted by Crippen LogP contribution is -2.14. The van der Waals surface area contributed by atoms with E-state index in [0.717, 1.165) is 47.4 Å². The molecule has 0 aliphatic carbocycles. The van der Waals surface area contributed by atoms with E-state index in [1.165, 1.54) is 0 Å². The van der Waals surface area contributed by atoms with Crippen LogP contribution in [0.15, 0.2) is 42.9 Å². The van der Waals surface area contributed by atoms with Gasteiger partial charge in [-0.1, -0.05) is 13.0 Å². The molecule has 3 N–H and O–H groups in total. The van der Waals surface area contributed by atoms with Crippen molar-refractivity contribution in [3.8, 4) is 0 Å². The first-order valence-electron chi connectivity index (χ1n) is 10.9. The fourth-order valence-corrected chi connectivity index (χ4v) is 3.80. The molecule has 0 saturated carbocycles. The van der Waals surface area contributed by atoms with Gasteiger partial charge in [0.15, 0.2) is 0 Å². The maximum Gasteiger partial charge on any atom is 0.257 e. The van der Waals surface area contributed by atoms with E-state index < -0.39 is 0 Å². The van der Waals surface area contributed by atoms with Crippen LogP contribution < -0.4 is 11.1 Å². The van der Waals surface area contributed by atoms with E-state index in [4.69, 9.17) is 10.5 Å². The molecule has 0 spiro atoms. The van der Waals surface area contributed by atoms with Crippen molar-refractivity contribution >= 4 is 28.9 Å². The lowest BCUT2D eigenvalue weighted by atomic mass is 10.0. The predicted octanol–water partition coefficient (Wildman–Crippen LogP) is 4.64. The van der Waals surface area contributed by atoms with Gasteiger partial charge in [-0.25, -0.2) is 0 Å². The number of hydrogen-bond donors (Lipinski definition) is 2. The number of hydrogen-bond acceptors (Lipinski definition) is 5. The van der Waals surface area contributed by atoms with E-state index in [9.17, 15) is 4.79 Å². The number of nitrogens with zero attached hydrogens (tertiary/aromatic N) is 3. The highest BCUT2D eigenvalue weighted by Crippen LogP contribution is 2.26. The smallest absolute Gasteiger partial charge is 0.257 e. The van der Waals surface area contributed by atoms with Crippen molar-refractivity contribution in [3.05, 3.63) is 70.8 Å². The van der Waals surface area contributed by atoms with Crippen molar-refractivity contribution in [3.63, 3.8) is 0 Å². The molecule has 3 aromatic rings.